The van der Waals surface area contributed by atoms with Gasteiger partial charge in [0.05, 0.1) is 6.04 Å². The molecule has 0 aliphatic rings. The second kappa shape index (κ2) is 6.43. The van der Waals surface area contributed by atoms with Crippen LogP contribution in [-0.4, -0.2) is 6.36 Å². The van der Waals surface area contributed by atoms with Crippen molar-refractivity contribution >= 4 is 23.7 Å². The van der Waals surface area contributed by atoms with Crippen LogP contribution in [0.15, 0.2) is 35.7 Å². The number of ether oxygens (including phenoxy) is 1. The van der Waals surface area contributed by atoms with Gasteiger partial charge in [0.25, 0.3) is 0 Å². The predicted octanol–water partition coefficient (Wildman–Crippen LogP) is 4.26. The van der Waals surface area contributed by atoms with Gasteiger partial charge in [-0.3, -0.25) is 0 Å². The molecule has 0 saturated carbocycles. The summed E-state index contributed by atoms with van der Waals surface area (Å²) >= 11 is 1.30. The Kier molecular flexibility index (Phi) is 5.38. The molecule has 0 radical (unpaired) electrons. The maximum Gasteiger partial charge on any atom is 0.573 e. The summed E-state index contributed by atoms with van der Waals surface area (Å²) < 4.78 is 53.7. The fraction of sp³-hybridized carbons (Fsp3) is 0.167. The molecule has 1 atom stereocenters. The van der Waals surface area contributed by atoms with E-state index in [1.165, 1.54) is 11.3 Å². The summed E-state index contributed by atoms with van der Waals surface area (Å²) in [4.78, 5) is 0.656. The molecule has 0 aliphatic carbocycles. The SMILES string of the molecule is Cl.N[C@H](c1cccs1)c1cc(OC(F)(F)F)ccc1F. The molecule has 1 aromatic carbocycles. The molecule has 2 rings (SSSR count). The summed E-state index contributed by atoms with van der Waals surface area (Å²) in [6, 6.07) is 5.38. The number of rotatable bonds is 3. The molecule has 8 heteroatoms. The monoisotopic (exact) mass is 327 g/mol. The van der Waals surface area contributed by atoms with Crippen LogP contribution in [0.3, 0.4) is 0 Å². The molecule has 0 saturated heterocycles. The molecule has 0 unspecified atom stereocenters. The van der Waals surface area contributed by atoms with E-state index >= 15 is 0 Å². The molecule has 110 valence electrons. The highest BCUT2D eigenvalue weighted by Gasteiger charge is 2.31. The normalized spacial score (nSPS) is 12.7. The van der Waals surface area contributed by atoms with E-state index in [0.29, 0.717) is 4.88 Å². The van der Waals surface area contributed by atoms with Gasteiger partial charge in [-0.1, -0.05) is 6.07 Å². The zero-order chi connectivity index (χ0) is 14.0. The van der Waals surface area contributed by atoms with Gasteiger partial charge in [-0.2, -0.15) is 0 Å². The number of nitrogens with two attached hydrogens (primary N) is 1. The van der Waals surface area contributed by atoms with Gasteiger partial charge in [0, 0.05) is 10.4 Å². The molecule has 0 spiro atoms. The summed E-state index contributed by atoms with van der Waals surface area (Å²) in [5.41, 5.74) is 5.79. The van der Waals surface area contributed by atoms with Crippen molar-refractivity contribution < 1.29 is 22.3 Å². The zero-order valence-corrected chi connectivity index (χ0v) is 11.5. The molecule has 0 amide bonds. The van der Waals surface area contributed by atoms with Crippen molar-refractivity contribution in [3.05, 3.63) is 52.0 Å². The van der Waals surface area contributed by atoms with Crippen LogP contribution >= 0.6 is 23.7 Å². The second-order valence-electron chi connectivity index (χ2n) is 3.72. The number of halogens is 5. The Labute approximate surface area is 122 Å². The van der Waals surface area contributed by atoms with E-state index in [1.54, 1.807) is 17.5 Å². The molecule has 2 N–H and O–H groups in total. The minimum absolute atomic E-state index is 0. The lowest BCUT2D eigenvalue weighted by Gasteiger charge is -2.14. The first-order chi connectivity index (χ1) is 8.87. The van der Waals surface area contributed by atoms with Crippen molar-refractivity contribution in [1.82, 2.24) is 0 Å². The van der Waals surface area contributed by atoms with Crippen molar-refractivity contribution in [2.45, 2.75) is 12.4 Å². The summed E-state index contributed by atoms with van der Waals surface area (Å²) in [7, 11) is 0. The average Bonchev–Trinajstić information content (AvgIpc) is 2.82. The maximum atomic E-state index is 13.6. The van der Waals surface area contributed by atoms with Crippen LogP contribution in [0.4, 0.5) is 17.6 Å². The van der Waals surface area contributed by atoms with Crippen LogP contribution in [0, 0.1) is 5.82 Å². The van der Waals surface area contributed by atoms with Crippen LogP contribution < -0.4 is 10.5 Å². The van der Waals surface area contributed by atoms with Gasteiger partial charge < -0.3 is 10.5 Å². The standard InChI is InChI=1S/C12H9F4NOS.ClH/c13-9-4-3-7(18-12(14,15)16)6-8(9)11(17)10-2-1-5-19-10;/h1-6,11H,17H2;1H/t11-;/m0./s1. The fourth-order valence-electron chi connectivity index (χ4n) is 1.58. The molecule has 0 bridgehead atoms. The van der Waals surface area contributed by atoms with Crippen molar-refractivity contribution in [1.29, 1.82) is 0 Å². The van der Waals surface area contributed by atoms with E-state index in [9.17, 15) is 17.6 Å². The summed E-state index contributed by atoms with van der Waals surface area (Å²) in [5.74, 6) is -1.16. The molecule has 0 aliphatic heterocycles. The Morgan fingerprint density at radius 1 is 1.20 bits per heavy atom. The predicted molar refractivity (Wildman–Crippen MR) is 70.7 cm³/mol. The van der Waals surface area contributed by atoms with Crippen LogP contribution in [-0.2, 0) is 0 Å². The van der Waals surface area contributed by atoms with Crippen LogP contribution in [0.2, 0.25) is 0 Å². The van der Waals surface area contributed by atoms with E-state index < -0.39 is 24.0 Å². The van der Waals surface area contributed by atoms with Gasteiger partial charge in [-0.25, -0.2) is 4.39 Å². The van der Waals surface area contributed by atoms with Crippen molar-refractivity contribution in [3.8, 4) is 5.75 Å². The quantitative estimate of drug-likeness (QED) is 0.855. The number of hydrogen-bond donors (Lipinski definition) is 1. The van der Waals surface area contributed by atoms with Crippen LogP contribution in [0.5, 0.6) is 5.75 Å². The largest absolute Gasteiger partial charge is 0.573 e. The first kappa shape index (κ1) is 16.7. The Bertz CT molecular complexity index is 559. The molecular formula is C12H10ClF4NOS. The molecule has 0 fully saturated rings. The van der Waals surface area contributed by atoms with Gasteiger partial charge in [-0.05, 0) is 29.6 Å². The first-order valence-electron chi connectivity index (χ1n) is 5.21. The van der Waals surface area contributed by atoms with Gasteiger partial charge >= 0.3 is 6.36 Å². The molecule has 1 heterocycles. The van der Waals surface area contributed by atoms with Gasteiger partial charge in [0.15, 0.2) is 0 Å². The van der Waals surface area contributed by atoms with E-state index in [-0.39, 0.29) is 18.0 Å². The van der Waals surface area contributed by atoms with Gasteiger partial charge in [0.1, 0.15) is 11.6 Å². The number of benzene rings is 1. The molecule has 20 heavy (non-hydrogen) atoms. The lowest BCUT2D eigenvalue weighted by molar-refractivity contribution is -0.274. The smallest absolute Gasteiger partial charge is 0.406 e. The third-order valence-corrected chi connectivity index (χ3v) is 3.34. The number of alkyl halides is 3. The van der Waals surface area contributed by atoms with E-state index in [0.717, 1.165) is 18.2 Å². The average molecular weight is 328 g/mol. The van der Waals surface area contributed by atoms with Crippen LogP contribution in [0.1, 0.15) is 16.5 Å². The van der Waals surface area contributed by atoms with E-state index in [1.807, 2.05) is 0 Å². The highest BCUT2D eigenvalue weighted by Crippen LogP contribution is 2.30. The third kappa shape index (κ3) is 4.09. The summed E-state index contributed by atoms with van der Waals surface area (Å²) in [5, 5.41) is 1.75. The number of thiophene rings is 1. The molecular weight excluding hydrogens is 318 g/mol. The maximum absolute atomic E-state index is 13.6. The molecule has 1 aromatic heterocycles. The number of hydrogen-bond acceptors (Lipinski definition) is 3. The Morgan fingerprint density at radius 2 is 1.90 bits per heavy atom. The van der Waals surface area contributed by atoms with Crippen molar-refractivity contribution in [2.75, 3.05) is 0 Å². The zero-order valence-electron chi connectivity index (χ0n) is 9.86. The molecule has 2 nitrogen and oxygen atoms in total. The van der Waals surface area contributed by atoms with Gasteiger partial charge in [-0.15, -0.1) is 36.9 Å². The second-order valence-corrected chi connectivity index (χ2v) is 4.70. The highest BCUT2D eigenvalue weighted by atomic mass is 35.5. The Morgan fingerprint density at radius 3 is 2.45 bits per heavy atom. The summed E-state index contributed by atoms with van der Waals surface area (Å²) in [6.45, 7) is 0. The van der Waals surface area contributed by atoms with Crippen molar-refractivity contribution in [3.63, 3.8) is 0 Å². The first-order valence-corrected chi connectivity index (χ1v) is 6.09. The topological polar surface area (TPSA) is 35.2 Å². The van der Waals surface area contributed by atoms with Gasteiger partial charge in [0.2, 0.25) is 0 Å². The minimum atomic E-state index is -4.82. The third-order valence-electron chi connectivity index (χ3n) is 2.39. The van der Waals surface area contributed by atoms with E-state index in [2.05, 4.69) is 4.74 Å². The molecule has 2 aromatic rings. The Balaban J connectivity index is 0.00000200. The lowest BCUT2D eigenvalue weighted by Crippen LogP contribution is -2.18. The minimum Gasteiger partial charge on any atom is -0.406 e. The Hall–Kier alpha value is -1.31. The summed E-state index contributed by atoms with van der Waals surface area (Å²) in [6.07, 6.45) is -4.82. The van der Waals surface area contributed by atoms with Crippen LogP contribution in [0.25, 0.3) is 0 Å². The van der Waals surface area contributed by atoms with E-state index in [4.69, 9.17) is 5.73 Å². The van der Waals surface area contributed by atoms with Crippen molar-refractivity contribution in [2.24, 2.45) is 5.73 Å². The lowest BCUT2D eigenvalue weighted by atomic mass is 10.1. The highest BCUT2D eigenvalue weighted by molar-refractivity contribution is 7.10. The fourth-order valence-corrected chi connectivity index (χ4v) is 2.32.